The summed E-state index contributed by atoms with van der Waals surface area (Å²) in [5.41, 5.74) is 9.01. The number of nitrogens with two attached hydrogens (primary N) is 1. The highest BCUT2D eigenvalue weighted by Gasteiger charge is 2.09. The van der Waals surface area contributed by atoms with Gasteiger partial charge in [-0.05, 0) is 26.0 Å². The quantitative estimate of drug-likeness (QED) is 0.572. The van der Waals surface area contributed by atoms with E-state index in [0.717, 1.165) is 10.9 Å². The molecule has 0 bridgehead atoms. The van der Waals surface area contributed by atoms with Gasteiger partial charge in [0.05, 0.1) is 11.2 Å². The Hall–Kier alpha value is -2.23. The van der Waals surface area contributed by atoms with Crippen molar-refractivity contribution in [3.63, 3.8) is 0 Å². The van der Waals surface area contributed by atoms with Gasteiger partial charge in [0.2, 0.25) is 0 Å². The van der Waals surface area contributed by atoms with Crippen LogP contribution in [0.15, 0.2) is 35.9 Å². The lowest BCUT2D eigenvalue weighted by Gasteiger charge is -2.00. The van der Waals surface area contributed by atoms with Crippen molar-refractivity contribution < 1.29 is 4.79 Å². The number of rotatable bonds is 3. The number of H-pyrrole nitrogens is 1. The van der Waals surface area contributed by atoms with Crippen LogP contribution in [0.5, 0.6) is 0 Å². The molecule has 4 heteroatoms. The zero-order valence-electron chi connectivity index (χ0n) is 10.6. The molecule has 94 valence electrons. The number of hydrogen-bond donors (Lipinski definition) is 3. The second-order valence-corrected chi connectivity index (χ2v) is 4.49. The summed E-state index contributed by atoms with van der Waals surface area (Å²) in [6.45, 7) is 4.53. The molecule has 1 heterocycles. The predicted octanol–water partition coefficient (Wildman–Crippen LogP) is 2.45. The molecule has 0 spiro atoms. The Balaban J connectivity index is 2.18. The van der Waals surface area contributed by atoms with E-state index in [1.165, 1.54) is 5.57 Å². The van der Waals surface area contributed by atoms with Crippen molar-refractivity contribution in [2.24, 2.45) is 0 Å². The van der Waals surface area contributed by atoms with Crippen LogP contribution in [0.25, 0.3) is 10.9 Å². The second-order valence-electron chi connectivity index (χ2n) is 4.49. The first-order chi connectivity index (χ1) is 8.58. The third kappa shape index (κ3) is 2.53. The highest BCUT2D eigenvalue weighted by atomic mass is 16.1. The minimum atomic E-state index is -0.122. The Bertz CT molecular complexity index is 607. The summed E-state index contributed by atoms with van der Waals surface area (Å²) in [6.07, 6.45) is 1.97. The van der Waals surface area contributed by atoms with Crippen LogP contribution in [0.3, 0.4) is 0 Å². The molecular weight excluding hydrogens is 226 g/mol. The Labute approximate surface area is 106 Å². The molecule has 1 aromatic heterocycles. The fourth-order valence-electron chi connectivity index (χ4n) is 1.75. The molecule has 0 aliphatic carbocycles. The van der Waals surface area contributed by atoms with Gasteiger partial charge in [-0.2, -0.15) is 0 Å². The first-order valence-corrected chi connectivity index (χ1v) is 5.86. The van der Waals surface area contributed by atoms with Crippen LogP contribution in [-0.2, 0) is 0 Å². The number of nitrogens with one attached hydrogen (secondary N) is 2. The van der Waals surface area contributed by atoms with Gasteiger partial charge in [0.1, 0.15) is 5.69 Å². The number of anilines is 1. The number of benzene rings is 1. The first-order valence-electron chi connectivity index (χ1n) is 5.86. The van der Waals surface area contributed by atoms with E-state index < -0.39 is 0 Å². The molecule has 4 nitrogen and oxygen atoms in total. The lowest BCUT2D eigenvalue weighted by Crippen LogP contribution is -2.23. The minimum Gasteiger partial charge on any atom is -0.397 e. The van der Waals surface area contributed by atoms with Gasteiger partial charge in [-0.3, -0.25) is 4.79 Å². The lowest BCUT2D eigenvalue weighted by atomic mass is 10.2. The van der Waals surface area contributed by atoms with Crippen molar-refractivity contribution in [3.8, 4) is 0 Å². The van der Waals surface area contributed by atoms with Gasteiger partial charge < -0.3 is 16.0 Å². The van der Waals surface area contributed by atoms with Crippen molar-refractivity contribution >= 4 is 22.5 Å². The number of nitrogen functional groups attached to an aromatic ring is 1. The Kier molecular flexibility index (Phi) is 3.37. The van der Waals surface area contributed by atoms with E-state index in [2.05, 4.69) is 10.3 Å². The van der Waals surface area contributed by atoms with Crippen LogP contribution in [0, 0.1) is 0 Å². The van der Waals surface area contributed by atoms with E-state index in [-0.39, 0.29) is 5.91 Å². The van der Waals surface area contributed by atoms with E-state index >= 15 is 0 Å². The summed E-state index contributed by atoms with van der Waals surface area (Å²) in [5.74, 6) is -0.122. The van der Waals surface area contributed by atoms with E-state index in [4.69, 9.17) is 5.73 Å². The molecule has 0 radical (unpaired) electrons. The number of aromatic nitrogens is 1. The molecule has 0 atom stereocenters. The standard InChI is InChI=1S/C14H17N3O/c1-9(2)6-7-16-14(18)12-8-10-4-3-5-11(15)13(10)17-12/h3-6,8,17H,7,15H2,1-2H3,(H,16,18). The fourth-order valence-corrected chi connectivity index (χ4v) is 1.75. The van der Waals surface area contributed by atoms with Crippen LogP contribution in [0.1, 0.15) is 24.3 Å². The van der Waals surface area contributed by atoms with Crippen molar-refractivity contribution in [1.82, 2.24) is 10.3 Å². The molecule has 0 aliphatic heterocycles. The van der Waals surface area contributed by atoms with Crippen LogP contribution in [-0.4, -0.2) is 17.4 Å². The maximum atomic E-state index is 11.9. The number of aromatic amines is 1. The smallest absolute Gasteiger partial charge is 0.267 e. The first kappa shape index (κ1) is 12.2. The highest BCUT2D eigenvalue weighted by Crippen LogP contribution is 2.20. The Morgan fingerprint density at radius 3 is 2.89 bits per heavy atom. The summed E-state index contributed by atoms with van der Waals surface area (Å²) in [7, 11) is 0. The summed E-state index contributed by atoms with van der Waals surface area (Å²) in [4.78, 5) is 14.9. The molecule has 0 unspecified atom stereocenters. The van der Waals surface area contributed by atoms with Crippen LogP contribution in [0.4, 0.5) is 5.69 Å². The number of allylic oxidation sites excluding steroid dienone is 1. The summed E-state index contributed by atoms with van der Waals surface area (Å²) in [5, 5.41) is 3.77. The SMILES string of the molecule is CC(C)=CCNC(=O)c1cc2cccc(N)c2[nH]1. The van der Waals surface area contributed by atoms with Crippen LogP contribution >= 0.6 is 0 Å². The molecule has 0 saturated carbocycles. The number of amides is 1. The maximum Gasteiger partial charge on any atom is 0.267 e. The van der Waals surface area contributed by atoms with E-state index in [1.807, 2.05) is 44.2 Å². The Morgan fingerprint density at radius 2 is 2.22 bits per heavy atom. The molecule has 18 heavy (non-hydrogen) atoms. The zero-order valence-corrected chi connectivity index (χ0v) is 10.6. The topological polar surface area (TPSA) is 70.9 Å². The van der Waals surface area contributed by atoms with Gasteiger partial charge >= 0.3 is 0 Å². The van der Waals surface area contributed by atoms with Gasteiger partial charge in [-0.25, -0.2) is 0 Å². The third-order valence-corrected chi connectivity index (χ3v) is 2.71. The van der Waals surface area contributed by atoms with Crippen LogP contribution < -0.4 is 11.1 Å². The van der Waals surface area contributed by atoms with Gasteiger partial charge in [-0.1, -0.05) is 23.8 Å². The third-order valence-electron chi connectivity index (χ3n) is 2.71. The summed E-state index contributed by atoms with van der Waals surface area (Å²) >= 11 is 0. The van der Waals surface area contributed by atoms with E-state index in [1.54, 1.807) is 0 Å². The molecule has 1 amide bonds. The maximum absolute atomic E-state index is 11.9. The normalized spacial score (nSPS) is 10.3. The number of fused-ring (bicyclic) bond motifs is 1. The number of carbonyl (C=O) groups is 1. The highest BCUT2D eigenvalue weighted by molar-refractivity contribution is 6.00. The average molecular weight is 243 g/mol. The summed E-state index contributed by atoms with van der Waals surface area (Å²) in [6, 6.07) is 7.42. The average Bonchev–Trinajstić information content (AvgIpc) is 2.74. The van der Waals surface area contributed by atoms with Crippen molar-refractivity contribution in [3.05, 3.63) is 41.6 Å². The van der Waals surface area contributed by atoms with Gasteiger partial charge in [0, 0.05) is 11.9 Å². The molecule has 0 saturated heterocycles. The number of para-hydroxylation sites is 1. The minimum absolute atomic E-state index is 0.122. The zero-order chi connectivity index (χ0) is 13.1. The van der Waals surface area contributed by atoms with Gasteiger partial charge in [0.15, 0.2) is 0 Å². The molecule has 0 aliphatic rings. The number of hydrogen-bond acceptors (Lipinski definition) is 2. The Morgan fingerprint density at radius 1 is 1.44 bits per heavy atom. The lowest BCUT2D eigenvalue weighted by molar-refractivity contribution is 0.0954. The largest absolute Gasteiger partial charge is 0.397 e. The van der Waals surface area contributed by atoms with Gasteiger partial charge in [0.25, 0.3) is 5.91 Å². The molecular formula is C14H17N3O. The molecule has 2 rings (SSSR count). The van der Waals surface area contributed by atoms with Gasteiger partial charge in [-0.15, -0.1) is 0 Å². The second kappa shape index (κ2) is 4.96. The fraction of sp³-hybridized carbons (Fsp3) is 0.214. The molecule has 4 N–H and O–H groups in total. The number of carbonyl (C=O) groups excluding carboxylic acids is 1. The summed E-state index contributed by atoms with van der Waals surface area (Å²) < 4.78 is 0. The predicted molar refractivity (Wildman–Crippen MR) is 74.5 cm³/mol. The van der Waals surface area contributed by atoms with Crippen molar-refractivity contribution in [1.29, 1.82) is 0 Å². The molecule has 1 aromatic carbocycles. The van der Waals surface area contributed by atoms with E-state index in [9.17, 15) is 4.79 Å². The molecule has 0 fully saturated rings. The molecule has 2 aromatic rings. The monoisotopic (exact) mass is 243 g/mol. The van der Waals surface area contributed by atoms with Crippen molar-refractivity contribution in [2.75, 3.05) is 12.3 Å². The van der Waals surface area contributed by atoms with E-state index in [0.29, 0.717) is 17.9 Å². The van der Waals surface area contributed by atoms with Crippen molar-refractivity contribution in [2.45, 2.75) is 13.8 Å². The van der Waals surface area contributed by atoms with Crippen LogP contribution in [0.2, 0.25) is 0 Å².